The highest BCUT2D eigenvalue weighted by Gasteiger charge is 2.40. The van der Waals surface area contributed by atoms with Crippen molar-refractivity contribution in [2.24, 2.45) is 5.73 Å². The standard InChI is InChI=1S/C6H7Cl4NO3/c7-1-2-14-3(5(11)13)4(12)6(8,9)10/h3H,1-2H2,(H2,11,13). The average molecular weight is 283 g/mol. The van der Waals surface area contributed by atoms with Crippen LogP contribution < -0.4 is 5.73 Å². The maximum Gasteiger partial charge on any atom is 0.254 e. The van der Waals surface area contributed by atoms with Crippen LogP contribution in [0.2, 0.25) is 0 Å². The molecule has 8 heteroatoms. The van der Waals surface area contributed by atoms with Gasteiger partial charge in [0.15, 0.2) is 6.10 Å². The van der Waals surface area contributed by atoms with E-state index in [2.05, 4.69) is 0 Å². The van der Waals surface area contributed by atoms with Crippen LogP contribution >= 0.6 is 46.4 Å². The van der Waals surface area contributed by atoms with E-state index in [0.717, 1.165) is 0 Å². The molecule has 0 saturated carbocycles. The summed E-state index contributed by atoms with van der Waals surface area (Å²) in [6.45, 7) is -0.0400. The van der Waals surface area contributed by atoms with Gasteiger partial charge in [0, 0.05) is 5.88 Å². The predicted molar refractivity (Wildman–Crippen MR) is 55.0 cm³/mol. The topological polar surface area (TPSA) is 69.4 Å². The number of rotatable bonds is 5. The maximum atomic E-state index is 11.2. The third-order valence-corrected chi connectivity index (χ3v) is 1.85. The zero-order valence-corrected chi connectivity index (χ0v) is 9.83. The van der Waals surface area contributed by atoms with Gasteiger partial charge < -0.3 is 10.5 Å². The molecule has 0 saturated heterocycles. The van der Waals surface area contributed by atoms with E-state index < -0.39 is 21.6 Å². The quantitative estimate of drug-likeness (QED) is 0.605. The first-order chi connectivity index (χ1) is 6.30. The minimum atomic E-state index is -2.23. The van der Waals surface area contributed by atoms with Gasteiger partial charge in [0.2, 0.25) is 5.78 Å². The van der Waals surface area contributed by atoms with E-state index in [1.165, 1.54) is 0 Å². The minimum Gasteiger partial charge on any atom is -0.367 e. The fourth-order valence-electron chi connectivity index (χ4n) is 0.598. The summed E-state index contributed by atoms with van der Waals surface area (Å²) in [4.78, 5) is 22.0. The Morgan fingerprint density at radius 2 is 1.86 bits per heavy atom. The summed E-state index contributed by atoms with van der Waals surface area (Å²) in [6, 6.07) is 0. The van der Waals surface area contributed by atoms with Gasteiger partial charge in [-0.1, -0.05) is 34.8 Å². The Kier molecular flexibility index (Phi) is 6.09. The molecule has 0 aliphatic carbocycles. The van der Waals surface area contributed by atoms with Crippen molar-refractivity contribution >= 4 is 58.1 Å². The molecule has 1 atom stereocenters. The number of amides is 1. The van der Waals surface area contributed by atoms with Crippen LogP contribution in [0, 0.1) is 0 Å². The van der Waals surface area contributed by atoms with Gasteiger partial charge in [-0.2, -0.15) is 0 Å². The van der Waals surface area contributed by atoms with E-state index >= 15 is 0 Å². The first-order valence-electron chi connectivity index (χ1n) is 3.38. The molecule has 0 rings (SSSR count). The molecule has 1 unspecified atom stereocenters. The molecule has 0 aromatic rings. The summed E-state index contributed by atoms with van der Waals surface area (Å²) in [5, 5.41) is 0. The van der Waals surface area contributed by atoms with Crippen molar-refractivity contribution in [3.8, 4) is 0 Å². The van der Waals surface area contributed by atoms with Gasteiger partial charge in [0.1, 0.15) is 0 Å². The van der Waals surface area contributed by atoms with Gasteiger partial charge in [0.05, 0.1) is 6.61 Å². The summed E-state index contributed by atoms with van der Waals surface area (Å²) in [5.41, 5.74) is 4.87. The molecule has 0 radical (unpaired) electrons. The van der Waals surface area contributed by atoms with Gasteiger partial charge in [-0.25, -0.2) is 0 Å². The molecule has 0 aromatic heterocycles. The maximum absolute atomic E-state index is 11.2. The van der Waals surface area contributed by atoms with Gasteiger partial charge in [-0.05, 0) is 0 Å². The van der Waals surface area contributed by atoms with Crippen LogP contribution in [0.25, 0.3) is 0 Å². The molecule has 0 fully saturated rings. The lowest BCUT2D eigenvalue weighted by atomic mass is 10.2. The van der Waals surface area contributed by atoms with Crippen molar-refractivity contribution in [2.45, 2.75) is 9.90 Å². The molecule has 0 spiro atoms. The Balaban J connectivity index is 4.50. The number of carbonyl (C=O) groups is 2. The van der Waals surface area contributed by atoms with Gasteiger partial charge in [-0.3, -0.25) is 9.59 Å². The van der Waals surface area contributed by atoms with E-state index in [4.69, 9.17) is 56.9 Å². The number of alkyl halides is 4. The lowest BCUT2D eigenvalue weighted by Crippen LogP contribution is -2.44. The highest BCUT2D eigenvalue weighted by atomic mass is 35.6. The second-order valence-electron chi connectivity index (χ2n) is 2.20. The number of ketones is 1. The highest BCUT2D eigenvalue weighted by Crippen LogP contribution is 2.29. The lowest BCUT2D eigenvalue weighted by Gasteiger charge is -2.16. The molecular formula is C6H7Cl4NO3. The van der Waals surface area contributed by atoms with Crippen LogP contribution in [-0.4, -0.2) is 34.1 Å². The highest BCUT2D eigenvalue weighted by molar-refractivity contribution is 6.77. The number of primary amides is 1. The Morgan fingerprint density at radius 3 is 2.14 bits per heavy atom. The number of hydrogen-bond acceptors (Lipinski definition) is 3. The summed E-state index contributed by atoms with van der Waals surface area (Å²) in [7, 11) is 0. The number of ether oxygens (including phenoxy) is 1. The third-order valence-electron chi connectivity index (χ3n) is 1.14. The molecule has 0 aliphatic heterocycles. The second kappa shape index (κ2) is 5.98. The molecule has 4 nitrogen and oxygen atoms in total. The SMILES string of the molecule is NC(=O)C(OCCCl)C(=O)C(Cl)(Cl)Cl. The summed E-state index contributed by atoms with van der Waals surface area (Å²) >= 11 is 21.1. The van der Waals surface area contributed by atoms with Crippen LogP contribution in [-0.2, 0) is 14.3 Å². The number of halogens is 4. The van der Waals surface area contributed by atoms with E-state index in [9.17, 15) is 9.59 Å². The minimum absolute atomic E-state index is 0.0400. The molecule has 82 valence electrons. The molecule has 0 aromatic carbocycles. The van der Waals surface area contributed by atoms with Crippen molar-refractivity contribution in [3.05, 3.63) is 0 Å². The second-order valence-corrected chi connectivity index (χ2v) is 4.86. The van der Waals surface area contributed by atoms with Crippen LogP contribution in [0.3, 0.4) is 0 Å². The van der Waals surface area contributed by atoms with Gasteiger partial charge in [0.25, 0.3) is 9.70 Å². The van der Waals surface area contributed by atoms with Crippen molar-refractivity contribution < 1.29 is 14.3 Å². The first kappa shape index (κ1) is 14.3. The summed E-state index contributed by atoms with van der Waals surface area (Å²) < 4.78 is 2.50. The van der Waals surface area contributed by atoms with Gasteiger partial charge in [-0.15, -0.1) is 11.6 Å². The van der Waals surface area contributed by atoms with E-state index in [1.807, 2.05) is 0 Å². The van der Waals surface area contributed by atoms with Crippen LogP contribution in [0.15, 0.2) is 0 Å². The van der Waals surface area contributed by atoms with Crippen LogP contribution in [0.4, 0.5) is 0 Å². The Morgan fingerprint density at radius 1 is 1.36 bits per heavy atom. The van der Waals surface area contributed by atoms with Crippen molar-refractivity contribution in [2.75, 3.05) is 12.5 Å². The summed E-state index contributed by atoms with van der Waals surface area (Å²) in [6.07, 6.45) is -1.58. The number of carbonyl (C=O) groups excluding carboxylic acids is 2. The molecule has 0 bridgehead atoms. The van der Waals surface area contributed by atoms with Crippen molar-refractivity contribution in [1.29, 1.82) is 0 Å². The van der Waals surface area contributed by atoms with E-state index in [-0.39, 0.29) is 12.5 Å². The fraction of sp³-hybridized carbons (Fsp3) is 0.667. The third kappa shape index (κ3) is 4.66. The summed E-state index contributed by atoms with van der Waals surface area (Å²) in [5.74, 6) is -1.96. The zero-order valence-electron chi connectivity index (χ0n) is 6.81. The fourth-order valence-corrected chi connectivity index (χ4v) is 0.984. The molecule has 14 heavy (non-hydrogen) atoms. The Hall–Kier alpha value is 0.260. The molecule has 0 heterocycles. The van der Waals surface area contributed by atoms with Crippen molar-refractivity contribution in [1.82, 2.24) is 0 Å². The smallest absolute Gasteiger partial charge is 0.254 e. The monoisotopic (exact) mass is 281 g/mol. The predicted octanol–water partition coefficient (Wildman–Crippen LogP) is 1.04. The van der Waals surface area contributed by atoms with Crippen molar-refractivity contribution in [3.63, 3.8) is 0 Å². The number of hydrogen-bond donors (Lipinski definition) is 1. The van der Waals surface area contributed by atoms with E-state index in [0.29, 0.717) is 0 Å². The lowest BCUT2D eigenvalue weighted by molar-refractivity contribution is -0.141. The van der Waals surface area contributed by atoms with Crippen LogP contribution in [0.5, 0.6) is 0 Å². The molecular weight excluding hydrogens is 276 g/mol. The van der Waals surface area contributed by atoms with E-state index in [1.54, 1.807) is 0 Å². The van der Waals surface area contributed by atoms with Crippen LogP contribution in [0.1, 0.15) is 0 Å². The normalized spacial score (nSPS) is 13.7. The molecule has 0 aliphatic rings. The number of Topliss-reactive ketones (excluding diaryl/α,β-unsaturated/α-hetero) is 1. The average Bonchev–Trinajstić information content (AvgIpc) is 2.02. The number of nitrogens with two attached hydrogens (primary N) is 1. The molecule has 2 N–H and O–H groups in total. The zero-order chi connectivity index (χ0) is 11.4. The first-order valence-corrected chi connectivity index (χ1v) is 5.05. The Labute approximate surface area is 101 Å². The molecule has 1 amide bonds. The Bertz CT molecular complexity index is 228. The van der Waals surface area contributed by atoms with Gasteiger partial charge >= 0.3 is 0 Å². The largest absolute Gasteiger partial charge is 0.367 e.